The third kappa shape index (κ3) is 4.14. The lowest BCUT2D eigenvalue weighted by atomic mass is 10.0. The molecule has 8 heteroatoms. The lowest BCUT2D eigenvalue weighted by Gasteiger charge is -2.31. The second-order valence-corrected chi connectivity index (χ2v) is 6.29. The minimum absolute atomic E-state index is 0.0911. The second kappa shape index (κ2) is 8.20. The normalized spacial score (nSPS) is 14.5. The molecule has 1 aliphatic rings. The first-order chi connectivity index (χ1) is 12.6. The smallest absolute Gasteiger partial charge is 0.269 e. The number of nitro groups is 1. The highest BCUT2D eigenvalue weighted by Gasteiger charge is 2.20. The molecule has 1 N–H and O–H groups in total. The van der Waals surface area contributed by atoms with Crippen molar-refractivity contribution in [1.29, 1.82) is 0 Å². The van der Waals surface area contributed by atoms with Crippen molar-refractivity contribution in [3.63, 3.8) is 0 Å². The molecule has 0 saturated carbocycles. The first kappa shape index (κ1) is 18.2. The van der Waals surface area contributed by atoms with Crippen molar-refractivity contribution < 1.29 is 9.66 Å². The number of aromatic nitrogens is 2. The molecule has 3 rings (SSSR count). The molecule has 1 fully saturated rings. The van der Waals surface area contributed by atoms with Gasteiger partial charge in [-0.15, -0.1) is 0 Å². The fourth-order valence-electron chi connectivity index (χ4n) is 3.15. The van der Waals surface area contributed by atoms with E-state index in [1.54, 1.807) is 19.2 Å². The predicted molar refractivity (Wildman–Crippen MR) is 98.5 cm³/mol. The van der Waals surface area contributed by atoms with E-state index in [2.05, 4.69) is 15.2 Å². The number of piperazine rings is 1. The summed E-state index contributed by atoms with van der Waals surface area (Å²) in [6.07, 6.45) is 0.607. The van der Waals surface area contributed by atoms with Crippen molar-refractivity contribution >= 4 is 11.5 Å². The Kier molecular flexibility index (Phi) is 5.75. The van der Waals surface area contributed by atoms with Crippen LogP contribution in [0.2, 0.25) is 0 Å². The fourth-order valence-corrected chi connectivity index (χ4v) is 3.15. The Labute approximate surface area is 152 Å². The van der Waals surface area contributed by atoms with E-state index in [9.17, 15) is 10.1 Å². The van der Waals surface area contributed by atoms with Crippen molar-refractivity contribution in [3.8, 4) is 0 Å². The summed E-state index contributed by atoms with van der Waals surface area (Å²) in [7, 11) is 1.65. The number of methoxy groups -OCH3 is 1. The van der Waals surface area contributed by atoms with Crippen molar-refractivity contribution in [2.45, 2.75) is 20.0 Å². The number of benzene rings is 1. The van der Waals surface area contributed by atoms with Crippen molar-refractivity contribution in [2.24, 2.45) is 0 Å². The van der Waals surface area contributed by atoms with Crippen LogP contribution in [0.3, 0.4) is 0 Å². The second-order valence-electron chi connectivity index (χ2n) is 6.29. The van der Waals surface area contributed by atoms with Gasteiger partial charge >= 0.3 is 0 Å². The van der Waals surface area contributed by atoms with Crippen LogP contribution >= 0.6 is 0 Å². The van der Waals surface area contributed by atoms with E-state index in [1.807, 2.05) is 6.92 Å². The Morgan fingerprint density at radius 1 is 1.23 bits per heavy atom. The van der Waals surface area contributed by atoms with E-state index in [4.69, 9.17) is 9.72 Å². The molecule has 2 aromatic rings. The summed E-state index contributed by atoms with van der Waals surface area (Å²) < 4.78 is 5.34. The van der Waals surface area contributed by atoms with E-state index < -0.39 is 0 Å². The van der Waals surface area contributed by atoms with Gasteiger partial charge in [0, 0.05) is 57.4 Å². The Morgan fingerprint density at radius 3 is 2.54 bits per heavy atom. The van der Waals surface area contributed by atoms with Crippen LogP contribution in [0.1, 0.15) is 22.6 Å². The van der Waals surface area contributed by atoms with Crippen molar-refractivity contribution in [3.05, 3.63) is 57.0 Å². The summed E-state index contributed by atoms with van der Waals surface area (Å²) in [5, 5.41) is 14.2. The van der Waals surface area contributed by atoms with E-state index >= 15 is 0 Å². The quantitative estimate of drug-likeness (QED) is 0.623. The van der Waals surface area contributed by atoms with Crippen LogP contribution in [0, 0.1) is 17.0 Å². The van der Waals surface area contributed by atoms with Gasteiger partial charge in [0.2, 0.25) is 0 Å². The maximum absolute atomic E-state index is 10.9. The van der Waals surface area contributed by atoms with E-state index in [0.717, 1.165) is 54.6 Å². The lowest BCUT2D eigenvalue weighted by molar-refractivity contribution is -0.384. The molecule has 1 saturated heterocycles. The molecule has 2 heterocycles. The van der Waals surface area contributed by atoms with Crippen LogP contribution in [0.5, 0.6) is 0 Å². The van der Waals surface area contributed by atoms with Gasteiger partial charge in [-0.2, -0.15) is 0 Å². The number of nitro benzene ring substituents is 1. The Bertz CT molecular complexity index is 773. The number of ether oxygens (including phenoxy) is 1. The molecule has 8 nitrogen and oxygen atoms in total. The number of nitrogens with zero attached hydrogens (tertiary/aromatic N) is 4. The average Bonchev–Trinajstić information content (AvgIpc) is 2.65. The molecule has 1 aromatic heterocycles. The van der Waals surface area contributed by atoms with Gasteiger partial charge in [0.25, 0.3) is 5.69 Å². The number of hydrogen-bond donors (Lipinski definition) is 1. The highest BCUT2D eigenvalue weighted by Crippen LogP contribution is 2.26. The zero-order valence-corrected chi connectivity index (χ0v) is 15.1. The van der Waals surface area contributed by atoms with Gasteiger partial charge in [-0.25, -0.2) is 9.97 Å². The number of rotatable bonds is 6. The Morgan fingerprint density at radius 2 is 1.92 bits per heavy atom. The Hall–Kier alpha value is -2.58. The summed E-state index contributed by atoms with van der Waals surface area (Å²) in [5.41, 5.74) is 2.96. The van der Waals surface area contributed by atoms with Gasteiger partial charge in [-0.05, 0) is 12.5 Å². The molecule has 0 atom stereocenters. The molecule has 0 amide bonds. The molecular weight excluding hydrogens is 334 g/mol. The molecule has 138 valence electrons. The minimum atomic E-state index is -0.388. The van der Waals surface area contributed by atoms with Gasteiger partial charge in [-0.1, -0.05) is 12.1 Å². The fraction of sp³-hybridized carbons (Fsp3) is 0.444. The van der Waals surface area contributed by atoms with Gasteiger partial charge < -0.3 is 15.0 Å². The predicted octanol–water partition coefficient (Wildman–Crippen LogP) is 1.84. The first-order valence-electron chi connectivity index (χ1n) is 8.63. The highest BCUT2D eigenvalue weighted by atomic mass is 16.6. The third-order valence-corrected chi connectivity index (χ3v) is 4.41. The summed E-state index contributed by atoms with van der Waals surface area (Å²) in [5.74, 6) is 1.66. The zero-order chi connectivity index (χ0) is 18.5. The number of anilines is 1. The van der Waals surface area contributed by atoms with Crippen LogP contribution < -0.4 is 10.2 Å². The number of non-ortho nitro benzene ring substituents is 1. The van der Waals surface area contributed by atoms with Crippen LogP contribution in [-0.2, 0) is 17.8 Å². The summed E-state index contributed by atoms with van der Waals surface area (Å²) in [6, 6.07) is 6.64. The van der Waals surface area contributed by atoms with E-state index in [-0.39, 0.29) is 10.6 Å². The maximum atomic E-state index is 10.9. The molecule has 26 heavy (non-hydrogen) atoms. The molecule has 0 unspecified atom stereocenters. The highest BCUT2D eigenvalue weighted by molar-refractivity contribution is 5.52. The average molecular weight is 357 g/mol. The molecule has 1 aliphatic heterocycles. The van der Waals surface area contributed by atoms with Crippen molar-refractivity contribution in [1.82, 2.24) is 15.3 Å². The zero-order valence-electron chi connectivity index (χ0n) is 15.1. The minimum Gasteiger partial charge on any atom is -0.378 e. The number of nitrogens with one attached hydrogen (secondary N) is 1. The summed E-state index contributed by atoms with van der Waals surface area (Å²) >= 11 is 0. The maximum Gasteiger partial charge on any atom is 0.269 e. The van der Waals surface area contributed by atoms with Gasteiger partial charge in [0.05, 0.1) is 17.2 Å². The van der Waals surface area contributed by atoms with Crippen LogP contribution in [0.4, 0.5) is 11.5 Å². The number of hydrogen-bond acceptors (Lipinski definition) is 7. The third-order valence-electron chi connectivity index (χ3n) is 4.41. The van der Waals surface area contributed by atoms with Gasteiger partial charge in [0.15, 0.2) is 0 Å². The molecule has 1 aromatic carbocycles. The molecule has 0 radical (unpaired) electrons. The topological polar surface area (TPSA) is 93.4 Å². The standard InChI is InChI=1S/C18H23N5O3/c1-13-20-17(12-26-2)16(18(21-13)22-9-7-19-8-10-22)11-14-3-5-15(6-4-14)23(24)25/h3-6,19H,7-12H2,1-2H3. The van der Waals surface area contributed by atoms with E-state index in [0.29, 0.717) is 13.0 Å². The van der Waals surface area contributed by atoms with Crippen molar-refractivity contribution in [2.75, 3.05) is 38.2 Å². The molecular formula is C18H23N5O3. The summed E-state index contributed by atoms with van der Waals surface area (Å²) in [6.45, 7) is 5.90. The van der Waals surface area contributed by atoms with Gasteiger partial charge in [-0.3, -0.25) is 10.1 Å². The number of aryl methyl sites for hydroxylation is 1. The summed E-state index contributed by atoms with van der Waals surface area (Å²) in [4.78, 5) is 22.0. The molecule has 0 spiro atoms. The monoisotopic (exact) mass is 357 g/mol. The van der Waals surface area contributed by atoms with Crippen LogP contribution in [0.15, 0.2) is 24.3 Å². The largest absolute Gasteiger partial charge is 0.378 e. The van der Waals surface area contributed by atoms with Gasteiger partial charge in [0.1, 0.15) is 11.6 Å². The lowest BCUT2D eigenvalue weighted by Crippen LogP contribution is -2.44. The first-order valence-corrected chi connectivity index (χ1v) is 8.63. The molecule has 0 aliphatic carbocycles. The van der Waals surface area contributed by atoms with Crippen LogP contribution in [-0.4, -0.2) is 48.2 Å². The van der Waals surface area contributed by atoms with E-state index in [1.165, 1.54) is 12.1 Å². The van der Waals surface area contributed by atoms with Crippen LogP contribution in [0.25, 0.3) is 0 Å². The Balaban J connectivity index is 1.97. The molecule has 0 bridgehead atoms. The SMILES string of the molecule is COCc1nc(C)nc(N2CCNCC2)c1Cc1ccc([N+](=O)[O-])cc1.